The van der Waals surface area contributed by atoms with Crippen LogP contribution in [0.25, 0.3) is 0 Å². The molecule has 0 spiro atoms. The summed E-state index contributed by atoms with van der Waals surface area (Å²) in [5, 5.41) is 0. The fraction of sp³-hybridized carbons (Fsp3) is 0.294. The lowest BCUT2D eigenvalue weighted by Gasteiger charge is -2.19. The molecule has 0 heterocycles. The minimum atomic E-state index is -0.168. The molecular formula is C17H20BrNO. The van der Waals surface area contributed by atoms with Gasteiger partial charge >= 0.3 is 0 Å². The van der Waals surface area contributed by atoms with Gasteiger partial charge in [-0.05, 0) is 66.8 Å². The summed E-state index contributed by atoms with van der Waals surface area (Å²) >= 11 is 3.58. The first-order valence-corrected chi connectivity index (χ1v) is 7.40. The molecule has 0 aliphatic carbocycles. The molecule has 2 aromatic rings. The molecule has 0 bridgehead atoms. The summed E-state index contributed by atoms with van der Waals surface area (Å²) in [6.45, 7) is 6.35. The average Bonchev–Trinajstić information content (AvgIpc) is 2.42. The quantitative estimate of drug-likeness (QED) is 0.901. The zero-order valence-electron chi connectivity index (χ0n) is 12.3. The third kappa shape index (κ3) is 2.89. The van der Waals surface area contributed by atoms with E-state index in [4.69, 9.17) is 10.5 Å². The lowest BCUT2D eigenvalue weighted by molar-refractivity contribution is 0.414. The molecule has 0 amide bonds. The topological polar surface area (TPSA) is 35.2 Å². The molecule has 106 valence electrons. The largest absolute Gasteiger partial charge is 0.497 e. The van der Waals surface area contributed by atoms with Crippen molar-refractivity contribution in [2.24, 2.45) is 5.73 Å². The SMILES string of the molecule is COc1ccc(Br)c(C(N)c2cc(C)c(C)cc2C)c1. The van der Waals surface area contributed by atoms with E-state index >= 15 is 0 Å². The molecule has 0 aliphatic heterocycles. The maximum absolute atomic E-state index is 6.47. The van der Waals surface area contributed by atoms with Crippen molar-refractivity contribution in [3.63, 3.8) is 0 Å². The molecule has 0 saturated heterocycles. The number of methoxy groups -OCH3 is 1. The summed E-state index contributed by atoms with van der Waals surface area (Å²) in [6.07, 6.45) is 0. The van der Waals surface area contributed by atoms with Crippen molar-refractivity contribution in [2.45, 2.75) is 26.8 Å². The van der Waals surface area contributed by atoms with E-state index in [9.17, 15) is 0 Å². The van der Waals surface area contributed by atoms with Crippen LogP contribution in [0, 0.1) is 20.8 Å². The van der Waals surface area contributed by atoms with Gasteiger partial charge in [0.25, 0.3) is 0 Å². The Labute approximate surface area is 129 Å². The number of rotatable bonds is 3. The molecular weight excluding hydrogens is 314 g/mol. The molecule has 2 aromatic carbocycles. The summed E-state index contributed by atoms with van der Waals surface area (Å²) < 4.78 is 6.30. The smallest absolute Gasteiger partial charge is 0.119 e. The standard InChI is InChI=1S/C17H20BrNO/c1-10-7-12(3)14(8-11(10)2)17(19)15-9-13(20-4)5-6-16(15)18/h5-9,17H,19H2,1-4H3. The minimum absolute atomic E-state index is 0.168. The lowest BCUT2D eigenvalue weighted by atomic mass is 9.92. The van der Waals surface area contributed by atoms with Gasteiger partial charge in [0.2, 0.25) is 0 Å². The fourth-order valence-corrected chi connectivity index (χ4v) is 2.87. The van der Waals surface area contributed by atoms with E-state index in [2.05, 4.69) is 48.8 Å². The third-order valence-electron chi connectivity index (χ3n) is 3.76. The maximum Gasteiger partial charge on any atom is 0.119 e. The van der Waals surface area contributed by atoms with Crippen molar-refractivity contribution in [2.75, 3.05) is 7.11 Å². The van der Waals surface area contributed by atoms with E-state index in [1.54, 1.807) is 7.11 Å². The van der Waals surface area contributed by atoms with Crippen molar-refractivity contribution in [1.82, 2.24) is 0 Å². The maximum atomic E-state index is 6.47. The van der Waals surface area contributed by atoms with Gasteiger partial charge in [0.15, 0.2) is 0 Å². The van der Waals surface area contributed by atoms with Gasteiger partial charge in [-0.2, -0.15) is 0 Å². The molecule has 0 aromatic heterocycles. The Kier molecular flexibility index (Phi) is 4.51. The van der Waals surface area contributed by atoms with Crippen LogP contribution in [-0.4, -0.2) is 7.11 Å². The van der Waals surface area contributed by atoms with Crippen LogP contribution >= 0.6 is 15.9 Å². The van der Waals surface area contributed by atoms with E-state index in [0.717, 1.165) is 21.3 Å². The number of hydrogen-bond acceptors (Lipinski definition) is 2. The summed E-state index contributed by atoms with van der Waals surface area (Å²) in [6, 6.07) is 10.1. The van der Waals surface area contributed by atoms with Crippen molar-refractivity contribution < 1.29 is 4.74 Å². The molecule has 2 rings (SSSR count). The van der Waals surface area contributed by atoms with Crippen LogP contribution in [0.2, 0.25) is 0 Å². The van der Waals surface area contributed by atoms with Gasteiger partial charge < -0.3 is 10.5 Å². The minimum Gasteiger partial charge on any atom is -0.497 e. The second-order valence-electron chi connectivity index (χ2n) is 5.16. The highest BCUT2D eigenvalue weighted by atomic mass is 79.9. The number of hydrogen-bond donors (Lipinski definition) is 1. The number of aryl methyl sites for hydroxylation is 3. The Morgan fingerprint density at radius 3 is 2.25 bits per heavy atom. The molecule has 20 heavy (non-hydrogen) atoms. The molecule has 2 N–H and O–H groups in total. The first-order chi connectivity index (χ1) is 9.43. The van der Waals surface area contributed by atoms with Gasteiger partial charge in [-0.3, -0.25) is 0 Å². The highest BCUT2D eigenvalue weighted by Crippen LogP contribution is 2.32. The molecule has 0 aliphatic rings. The Morgan fingerprint density at radius 2 is 1.60 bits per heavy atom. The van der Waals surface area contributed by atoms with Crippen LogP contribution < -0.4 is 10.5 Å². The molecule has 1 unspecified atom stereocenters. The van der Waals surface area contributed by atoms with Gasteiger partial charge in [-0.25, -0.2) is 0 Å². The van der Waals surface area contributed by atoms with Gasteiger partial charge in [-0.1, -0.05) is 28.1 Å². The molecule has 0 radical (unpaired) electrons. The van der Waals surface area contributed by atoms with Gasteiger partial charge in [0.05, 0.1) is 13.2 Å². The predicted molar refractivity (Wildman–Crippen MR) is 87.4 cm³/mol. The molecule has 0 saturated carbocycles. The van der Waals surface area contributed by atoms with Gasteiger partial charge in [-0.15, -0.1) is 0 Å². The Bertz CT molecular complexity index is 637. The van der Waals surface area contributed by atoms with Gasteiger partial charge in [0.1, 0.15) is 5.75 Å². The molecule has 0 fully saturated rings. The third-order valence-corrected chi connectivity index (χ3v) is 4.48. The number of halogens is 1. The van der Waals surface area contributed by atoms with Crippen molar-refractivity contribution in [1.29, 1.82) is 0 Å². The molecule has 1 atom stereocenters. The van der Waals surface area contributed by atoms with Crippen LogP contribution in [0.1, 0.15) is 33.9 Å². The van der Waals surface area contributed by atoms with E-state index in [1.807, 2.05) is 18.2 Å². The highest BCUT2D eigenvalue weighted by molar-refractivity contribution is 9.10. The van der Waals surface area contributed by atoms with E-state index in [-0.39, 0.29) is 6.04 Å². The molecule has 3 heteroatoms. The second-order valence-corrected chi connectivity index (χ2v) is 6.01. The Morgan fingerprint density at radius 1 is 0.950 bits per heavy atom. The normalized spacial score (nSPS) is 12.3. The summed E-state index contributed by atoms with van der Waals surface area (Å²) in [4.78, 5) is 0. The van der Waals surface area contributed by atoms with E-state index < -0.39 is 0 Å². The monoisotopic (exact) mass is 333 g/mol. The fourth-order valence-electron chi connectivity index (χ4n) is 2.37. The van der Waals surface area contributed by atoms with E-state index in [0.29, 0.717) is 0 Å². The Balaban J connectivity index is 2.51. The van der Waals surface area contributed by atoms with Crippen LogP contribution in [-0.2, 0) is 0 Å². The van der Waals surface area contributed by atoms with Crippen molar-refractivity contribution in [3.8, 4) is 5.75 Å². The zero-order chi connectivity index (χ0) is 14.9. The number of benzene rings is 2. The molecule has 2 nitrogen and oxygen atoms in total. The first kappa shape index (κ1) is 15.1. The lowest BCUT2D eigenvalue weighted by Crippen LogP contribution is -2.14. The van der Waals surface area contributed by atoms with Crippen LogP contribution in [0.5, 0.6) is 5.75 Å². The van der Waals surface area contributed by atoms with Gasteiger partial charge in [0, 0.05) is 4.47 Å². The van der Waals surface area contributed by atoms with E-state index in [1.165, 1.54) is 16.7 Å². The van der Waals surface area contributed by atoms with Crippen LogP contribution in [0.4, 0.5) is 0 Å². The first-order valence-electron chi connectivity index (χ1n) is 6.60. The second kappa shape index (κ2) is 5.98. The van der Waals surface area contributed by atoms with Crippen molar-refractivity contribution in [3.05, 3.63) is 62.6 Å². The Hall–Kier alpha value is -1.32. The average molecular weight is 334 g/mol. The number of nitrogens with two attached hydrogens (primary N) is 1. The number of ether oxygens (including phenoxy) is 1. The summed E-state index contributed by atoms with van der Waals surface area (Å²) in [5.74, 6) is 0.820. The predicted octanol–water partition coefficient (Wildman–Crippen LogP) is 4.43. The van der Waals surface area contributed by atoms with Crippen LogP contribution in [0.3, 0.4) is 0 Å². The highest BCUT2D eigenvalue weighted by Gasteiger charge is 2.16. The van der Waals surface area contributed by atoms with Crippen molar-refractivity contribution >= 4 is 15.9 Å². The zero-order valence-corrected chi connectivity index (χ0v) is 13.9. The summed E-state index contributed by atoms with van der Waals surface area (Å²) in [7, 11) is 1.67. The summed E-state index contributed by atoms with van der Waals surface area (Å²) in [5.41, 5.74) is 12.4. The van der Waals surface area contributed by atoms with Crippen LogP contribution in [0.15, 0.2) is 34.8 Å².